The minimum Gasteiger partial charge on any atom is -0.331 e. The van der Waals surface area contributed by atoms with Crippen LogP contribution in [0.5, 0.6) is 0 Å². The minimum atomic E-state index is 0.141. The van der Waals surface area contributed by atoms with Gasteiger partial charge in [-0.05, 0) is 47.7 Å². The van der Waals surface area contributed by atoms with Crippen LogP contribution in [-0.2, 0) is 12.8 Å². The predicted molar refractivity (Wildman–Crippen MR) is 79.1 cm³/mol. The summed E-state index contributed by atoms with van der Waals surface area (Å²) in [6.07, 6.45) is 1.81. The Hall–Kier alpha value is -1.80. The highest BCUT2D eigenvalue weighted by Crippen LogP contribution is 2.38. The average Bonchev–Trinajstić information content (AvgIpc) is 2.47. The molecule has 2 aromatic carbocycles. The fourth-order valence-corrected chi connectivity index (χ4v) is 3.61. The number of amides is 1. The van der Waals surface area contributed by atoms with Crippen molar-refractivity contribution in [2.75, 3.05) is 6.54 Å². The van der Waals surface area contributed by atoms with Crippen molar-refractivity contribution in [3.05, 3.63) is 69.7 Å². The lowest BCUT2D eigenvalue weighted by Crippen LogP contribution is -2.44. The number of hydrogen-bond acceptors (Lipinski definition) is 1. The molecule has 3 heteroatoms. The smallest absolute Gasteiger partial charge is 0.254 e. The first-order chi connectivity index (χ1) is 9.74. The first-order valence-corrected chi connectivity index (χ1v) is 7.29. The molecule has 2 aliphatic heterocycles. The van der Waals surface area contributed by atoms with Crippen LogP contribution in [-0.4, -0.2) is 17.4 Å². The second-order valence-electron chi connectivity index (χ2n) is 5.47. The zero-order chi connectivity index (χ0) is 13.7. The fraction of sp³-hybridized carbons (Fsp3) is 0.235. The Kier molecular flexibility index (Phi) is 2.61. The van der Waals surface area contributed by atoms with Crippen LogP contribution in [0.25, 0.3) is 0 Å². The summed E-state index contributed by atoms with van der Waals surface area (Å²) in [5, 5.41) is 0.703. The molecule has 2 aromatic rings. The molecule has 0 spiro atoms. The van der Waals surface area contributed by atoms with Gasteiger partial charge in [0.1, 0.15) is 0 Å². The van der Waals surface area contributed by atoms with Crippen molar-refractivity contribution in [3.8, 4) is 0 Å². The molecule has 1 atom stereocenters. The van der Waals surface area contributed by atoms with Crippen LogP contribution in [0.4, 0.5) is 0 Å². The van der Waals surface area contributed by atoms with Crippen LogP contribution in [0.15, 0.2) is 42.5 Å². The highest BCUT2D eigenvalue weighted by molar-refractivity contribution is 6.30. The maximum absolute atomic E-state index is 12.7. The van der Waals surface area contributed by atoms with Crippen molar-refractivity contribution in [3.63, 3.8) is 0 Å². The molecular formula is C17H14ClNO. The van der Waals surface area contributed by atoms with E-state index in [2.05, 4.69) is 24.3 Å². The number of hydrogen-bond donors (Lipinski definition) is 0. The SMILES string of the molecule is O=C1c2ccc(Cl)cc2C[C@H]2c3ccccc3CCN12. The van der Waals surface area contributed by atoms with Crippen molar-refractivity contribution in [1.82, 2.24) is 4.90 Å². The molecule has 100 valence electrons. The molecular weight excluding hydrogens is 270 g/mol. The highest BCUT2D eigenvalue weighted by Gasteiger charge is 2.36. The van der Waals surface area contributed by atoms with Crippen LogP contribution in [0.2, 0.25) is 5.02 Å². The first kappa shape index (κ1) is 12.0. The third-order valence-electron chi connectivity index (χ3n) is 4.38. The van der Waals surface area contributed by atoms with Gasteiger partial charge in [-0.1, -0.05) is 35.9 Å². The number of halogens is 1. The van der Waals surface area contributed by atoms with Crippen LogP contribution < -0.4 is 0 Å². The van der Waals surface area contributed by atoms with E-state index in [9.17, 15) is 4.79 Å². The van der Waals surface area contributed by atoms with E-state index in [0.717, 1.165) is 30.5 Å². The lowest BCUT2D eigenvalue weighted by Gasteiger charge is -2.41. The van der Waals surface area contributed by atoms with Gasteiger partial charge in [-0.25, -0.2) is 0 Å². The summed E-state index contributed by atoms with van der Waals surface area (Å²) >= 11 is 6.07. The van der Waals surface area contributed by atoms with E-state index in [1.54, 1.807) is 6.07 Å². The van der Waals surface area contributed by atoms with E-state index in [0.29, 0.717) is 5.02 Å². The molecule has 20 heavy (non-hydrogen) atoms. The van der Waals surface area contributed by atoms with E-state index in [-0.39, 0.29) is 11.9 Å². The molecule has 0 fully saturated rings. The molecule has 0 aromatic heterocycles. The second kappa shape index (κ2) is 4.35. The number of carbonyl (C=O) groups is 1. The van der Waals surface area contributed by atoms with Gasteiger partial charge in [-0.2, -0.15) is 0 Å². The number of nitrogens with zero attached hydrogens (tertiary/aromatic N) is 1. The molecule has 0 saturated heterocycles. The molecule has 0 unspecified atom stereocenters. The number of benzene rings is 2. The summed E-state index contributed by atoms with van der Waals surface area (Å²) in [6, 6.07) is 14.2. The maximum atomic E-state index is 12.7. The lowest BCUT2D eigenvalue weighted by atomic mass is 9.84. The summed E-state index contributed by atoms with van der Waals surface area (Å²) in [7, 11) is 0. The standard InChI is InChI=1S/C17H14ClNO/c18-13-5-6-15-12(9-13)10-16-14-4-2-1-3-11(14)7-8-19(16)17(15)20/h1-6,9,16H,7-8,10H2/t16-/m0/s1. The molecule has 2 nitrogen and oxygen atoms in total. The monoisotopic (exact) mass is 283 g/mol. The summed E-state index contributed by atoms with van der Waals surface area (Å²) in [5.41, 5.74) is 4.54. The third kappa shape index (κ3) is 1.68. The summed E-state index contributed by atoms with van der Waals surface area (Å²) < 4.78 is 0. The molecule has 2 aliphatic rings. The molecule has 0 N–H and O–H groups in total. The molecule has 0 radical (unpaired) electrons. The van der Waals surface area contributed by atoms with Crippen LogP contribution in [0, 0.1) is 0 Å². The van der Waals surface area contributed by atoms with Gasteiger partial charge >= 0.3 is 0 Å². The Bertz CT molecular complexity index is 710. The number of fused-ring (bicyclic) bond motifs is 4. The van der Waals surface area contributed by atoms with Crippen molar-refractivity contribution >= 4 is 17.5 Å². The second-order valence-corrected chi connectivity index (χ2v) is 5.91. The number of carbonyl (C=O) groups excluding carboxylic acids is 1. The van der Waals surface area contributed by atoms with E-state index < -0.39 is 0 Å². The van der Waals surface area contributed by atoms with Gasteiger partial charge in [0.25, 0.3) is 5.91 Å². The van der Waals surface area contributed by atoms with Crippen molar-refractivity contribution < 1.29 is 4.79 Å². The highest BCUT2D eigenvalue weighted by atomic mass is 35.5. The Labute approximate surface area is 123 Å². The molecule has 4 rings (SSSR count). The van der Waals surface area contributed by atoms with Crippen LogP contribution in [0.3, 0.4) is 0 Å². The topological polar surface area (TPSA) is 20.3 Å². The summed E-state index contributed by atoms with van der Waals surface area (Å²) in [6.45, 7) is 0.808. The Morgan fingerprint density at radius 1 is 1.10 bits per heavy atom. The van der Waals surface area contributed by atoms with Gasteiger partial charge < -0.3 is 4.90 Å². The molecule has 0 saturated carbocycles. The normalized spacial score (nSPS) is 20.1. The van der Waals surface area contributed by atoms with Crippen LogP contribution in [0.1, 0.15) is 33.1 Å². The van der Waals surface area contributed by atoms with E-state index >= 15 is 0 Å². The Morgan fingerprint density at radius 3 is 2.85 bits per heavy atom. The largest absolute Gasteiger partial charge is 0.331 e. The van der Waals surface area contributed by atoms with Gasteiger partial charge in [0.2, 0.25) is 0 Å². The van der Waals surface area contributed by atoms with Gasteiger partial charge in [-0.3, -0.25) is 4.79 Å². The van der Waals surface area contributed by atoms with Crippen molar-refractivity contribution in [2.45, 2.75) is 18.9 Å². The first-order valence-electron chi connectivity index (χ1n) is 6.91. The van der Waals surface area contributed by atoms with Crippen molar-refractivity contribution in [1.29, 1.82) is 0 Å². The quantitative estimate of drug-likeness (QED) is 0.723. The van der Waals surface area contributed by atoms with E-state index in [4.69, 9.17) is 11.6 Å². The third-order valence-corrected chi connectivity index (χ3v) is 4.62. The van der Waals surface area contributed by atoms with Gasteiger partial charge in [0.15, 0.2) is 0 Å². The Morgan fingerprint density at radius 2 is 1.95 bits per heavy atom. The maximum Gasteiger partial charge on any atom is 0.254 e. The zero-order valence-electron chi connectivity index (χ0n) is 11.0. The van der Waals surface area contributed by atoms with E-state index in [1.165, 1.54) is 11.1 Å². The summed E-state index contributed by atoms with van der Waals surface area (Å²) in [4.78, 5) is 14.7. The lowest BCUT2D eigenvalue weighted by molar-refractivity contribution is 0.0632. The molecule has 0 bridgehead atoms. The molecule has 2 heterocycles. The summed E-state index contributed by atoms with van der Waals surface area (Å²) in [5.74, 6) is 0.141. The minimum absolute atomic E-state index is 0.141. The van der Waals surface area contributed by atoms with Gasteiger partial charge in [0.05, 0.1) is 6.04 Å². The predicted octanol–water partition coefficient (Wildman–Crippen LogP) is 3.64. The fourth-order valence-electron chi connectivity index (χ4n) is 3.42. The van der Waals surface area contributed by atoms with Gasteiger partial charge in [-0.15, -0.1) is 0 Å². The molecule has 1 amide bonds. The van der Waals surface area contributed by atoms with Crippen molar-refractivity contribution in [2.24, 2.45) is 0 Å². The average molecular weight is 284 g/mol. The molecule has 0 aliphatic carbocycles. The zero-order valence-corrected chi connectivity index (χ0v) is 11.7. The number of rotatable bonds is 0. The Balaban J connectivity index is 1.85. The van der Waals surface area contributed by atoms with Gasteiger partial charge in [0, 0.05) is 17.1 Å². The van der Waals surface area contributed by atoms with Crippen LogP contribution >= 0.6 is 11.6 Å². The van der Waals surface area contributed by atoms with E-state index in [1.807, 2.05) is 17.0 Å².